The van der Waals surface area contributed by atoms with Gasteiger partial charge < -0.3 is 19.5 Å². The molecular formula is C12H21NO5. The summed E-state index contributed by atoms with van der Waals surface area (Å²) < 4.78 is 14.5. The summed E-state index contributed by atoms with van der Waals surface area (Å²) in [6.45, 7) is 5.53. The molecule has 0 heterocycles. The normalized spacial score (nSPS) is 13.2. The van der Waals surface area contributed by atoms with Gasteiger partial charge in [-0.05, 0) is 20.8 Å². The number of esters is 1. The van der Waals surface area contributed by atoms with Gasteiger partial charge in [-0.15, -0.1) is 0 Å². The first kappa shape index (κ1) is 16.4. The van der Waals surface area contributed by atoms with Gasteiger partial charge in [0, 0.05) is 13.2 Å². The van der Waals surface area contributed by atoms with Gasteiger partial charge in [0.15, 0.2) is 0 Å². The van der Waals surface area contributed by atoms with Gasteiger partial charge in [-0.25, -0.2) is 9.59 Å². The molecule has 0 saturated heterocycles. The van der Waals surface area contributed by atoms with Crippen LogP contribution in [0, 0.1) is 0 Å². The molecule has 0 aromatic carbocycles. The van der Waals surface area contributed by atoms with E-state index in [1.807, 2.05) is 0 Å². The Balaban J connectivity index is 4.39. The first-order chi connectivity index (χ1) is 8.28. The highest BCUT2D eigenvalue weighted by Crippen LogP contribution is 2.06. The number of methoxy groups -OCH3 is 2. The standard InChI is InChI=1S/C12H21NO5/c1-12(2,3)18-11(15)13-9(8-16-4)6-7-10(14)17-5/h6-7,9H,8H2,1-5H3,(H,13,15)/b7-6-/t9-/m1/s1. The molecule has 0 aromatic heterocycles. The van der Waals surface area contributed by atoms with E-state index in [1.165, 1.54) is 26.4 Å². The van der Waals surface area contributed by atoms with E-state index in [9.17, 15) is 9.59 Å². The van der Waals surface area contributed by atoms with Crippen LogP contribution >= 0.6 is 0 Å². The van der Waals surface area contributed by atoms with Crippen molar-refractivity contribution in [2.75, 3.05) is 20.8 Å². The third kappa shape index (κ3) is 8.58. The van der Waals surface area contributed by atoms with Gasteiger partial charge in [-0.1, -0.05) is 6.08 Å². The quantitative estimate of drug-likeness (QED) is 0.594. The zero-order chi connectivity index (χ0) is 14.2. The highest BCUT2D eigenvalue weighted by molar-refractivity contribution is 5.82. The molecular weight excluding hydrogens is 238 g/mol. The fourth-order valence-electron chi connectivity index (χ4n) is 1.05. The zero-order valence-electron chi connectivity index (χ0n) is 11.5. The Bertz CT molecular complexity index is 306. The van der Waals surface area contributed by atoms with Crippen LogP contribution in [0.15, 0.2) is 12.2 Å². The number of hydrogen-bond donors (Lipinski definition) is 1. The van der Waals surface area contributed by atoms with E-state index in [1.54, 1.807) is 20.8 Å². The number of carbonyl (C=O) groups is 2. The van der Waals surface area contributed by atoms with Crippen molar-refractivity contribution in [3.05, 3.63) is 12.2 Å². The maximum absolute atomic E-state index is 11.5. The molecule has 0 unspecified atom stereocenters. The summed E-state index contributed by atoms with van der Waals surface area (Å²) in [5, 5.41) is 2.57. The highest BCUT2D eigenvalue weighted by Gasteiger charge is 2.18. The average Bonchev–Trinajstić information content (AvgIpc) is 2.23. The molecule has 0 aromatic rings. The summed E-state index contributed by atoms with van der Waals surface area (Å²) >= 11 is 0. The van der Waals surface area contributed by atoms with E-state index in [4.69, 9.17) is 9.47 Å². The maximum atomic E-state index is 11.5. The van der Waals surface area contributed by atoms with Crippen LogP contribution in [0.25, 0.3) is 0 Å². The Morgan fingerprint density at radius 2 is 1.89 bits per heavy atom. The minimum Gasteiger partial charge on any atom is -0.466 e. The van der Waals surface area contributed by atoms with Crippen molar-refractivity contribution in [3.63, 3.8) is 0 Å². The second-order valence-corrected chi connectivity index (χ2v) is 4.59. The van der Waals surface area contributed by atoms with Crippen molar-refractivity contribution in [2.45, 2.75) is 32.4 Å². The average molecular weight is 259 g/mol. The van der Waals surface area contributed by atoms with Crippen molar-refractivity contribution in [3.8, 4) is 0 Å². The van der Waals surface area contributed by atoms with Crippen LogP contribution in [0.4, 0.5) is 4.79 Å². The Morgan fingerprint density at radius 3 is 2.33 bits per heavy atom. The summed E-state index contributed by atoms with van der Waals surface area (Å²) in [6, 6.07) is -0.455. The first-order valence-electron chi connectivity index (χ1n) is 5.53. The first-order valence-corrected chi connectivity index (χ1v) is 5.53. The molecule has 1 amide bonds. The van der Waals surface area contributed by atoms with Crippen LogP contribution in [0.2, 0.25) is 0 Å². The maximum Gasteiger partial charge on any atom is 0.408 e. The number of amides is 1. The molecule has 1 atom stereocenters. The molecule has 0 saturated carbocycles. The van der Waals surface area contributed by atoms with Crippen molar-refractivity contribution in [1.82, 2.24) is 5.32 Å². The lowest BCUT2D eigenvalue weighted by molar-refractivity contribution is -0.134. The lowest BCUT2D eigenvalue weighted by Gasteiger charge is -2.22. The molecule has 6 heteroatoms. The smallest absolute Gasteiger partial charge is 0.408 e. The lowest BCUT2D eigenvalue weighted by atomic mass is 10.2. The van der Waals surface area contributed by atoms with Crippen molar-refractivity contribution in [1.29, 1.82) is 0 Å². The Kier molecular flexibility index (Phi) is 7.04. The summed E-state index contributed by atoms with van der Waals surface area (Å²) in [5.41, 5.74) is -0.576. The molecule has 0 bridgehead atoms. The molecule has 0 aliphatic carbocycles. The highest BCUT2D eigenvalue weighted by atomic mass is 16.6. The number of alkyl carbamates (subject to hydrolysis) is 1. The molecule has 0 aliphatic rings. The number of carbonyl (C=O) groups excluding carboxylic acids is 2. The number of ether oxygens (including phenoxy) is 3. The molecule has 0 radical (unpaired) electrons. The van der Waals surface area contributed by atoms with Gasteiger partial charge in [0.1, 0.15) is 5.60 Å². The van der Waals surface area contributed by atoms with Gasteiger partial charge in [-0.2, -0.15) is 0 Å². The Hall–Kier alpha value is -1.56. The molecule has 6 nitrogen and oxygen atoms in total. The minimum atomic E-state index is -0.576. The molecule has 0 aliphatic heterocycles. The summed E-state index contributed by atoms with van der Waals surface area (Å²) in [5.74, 6) is -0.498. The Morgan fingerprint density at radius 1 is 1.28 bits per heavy atom. The van der Waals surface area contributed by atoms with Crippen molar-refractivity contribution in [2.24, 2.45) is 0 Å². The summed E-state index contributed by atoms with van der Waals surface area (Å²) in [4.78, 5) is 22.5. The van der Waals surface area contributed by atoms with Crippen LogP contribution in [-0.4, -0.2) is 44.5 Å². The lowest BCUT2D eigenvalue weighted by Crippen LogP contribution is -2.40. The Labute approximate surface area is 107 Å². The van der Waals surface area contributed by atoms with E-state index in [0.717, 1.165) is 0 Å². The fourth-order valence-corrected chi connectivity index (χ4v) is 1.05. The SMILES string of the molecule is COC[C@@H](/C=C\C(=O)OC)NC(=O)OC(C)(C)C. The van der Waals surface area contributed by atoms with Crippen LogP contribution < -0.4 is 5.32 Å². The van der Waals surface area contributed by atoms with Gasteiger partial charge in [0.05, 0.1) is 19.8 Å². The molecule has 104 valence electrons. The van der Waals surface area contributed by atoms with Crippen LogP contribution in [0.3, 0.4) is 0 Å². The number of rotatable bonds is 5. The third-order valence-electron chi connectivity index (χ3n) is 1.71. The van der Waals surface area contributed by atoms with Gasteiger partial charge in [-0.3, -0.25) is 0 Å². The third-order valence-corrected chi connectivity index (χ3v) is 1.71. The van der Waals surface area contributed by atoms with Gasteiger partial charge in [0.25, 0.3) is 0 Å². The van der Waals surface area contributed by atoms with Crippen LogP contribution in [0.1, 0.15) is 20.8 Å². The van der Waals surface area contributed by atoms with E-state index in [-0.39, 0.29) is 6.61 Å². The molecule has 0 spiro atoms. The number of nitrogens with one attached hydrogen (secondary N) is 1. The largest absolute Gasteiger partial charge is 0.466 e. The van der Waals surface area contributed by atoms with E-state index < -0.39 is 23.7 Å². The molecule has 18 heavy (non-hydrogen) atoms. The number of hydrogen-bond acceptors (Lipinski definition) is 5. The van der Waals surface area contributed by atoms with E-state index >= 15 is 0 Å². The van der Waals surface area contributed by atoms with Crippen molar-refractivity contribution >= 4 is 12.1 Å². The van der Waals surface area contributed by atoms with Crippen molar-refractivity contribution < 1.29 is 23.8 Å². The van der Waals surface area contributed by atoms with Crippen LogP contribution in [-0.2, 0) is 19.0 Å². The van der Waals surface area contributed by atoms with Gasteiger partial charge in [0.2, 0.25) is 0 Å². The predicted molar refractivity (Wildman–Crippen MR) is 66.2 cm³/mol. The van der Waals surface area contributed by atoms with Crippen LogP contribution in [0.5, 0.6) is 0 Å². The fraction of sp³-hybridized carbons (Fsp3) is 0.667. The zero-order valence-corrected chi connectivity index (χ0v) is 11.5. The molecule has 0 rings (SSSR count). The minimum absolute atomic E-state index is 0.229. The van der Waals surface area contributed by atoms with E-state index in [0.29, 0.717) is 0 Å². The molecule has 1 N–H and O–H groups in total. The monoisotopic (exact) mass is 259 g/mol. The second kappa shape index (κ2) is 7.71. The van der Waals surface area contributed by atoms with E-state index in [2.05, 4.69) is 10.1 Å². The predicted octanol–water partition coefficient (Wildman–Crippen LogP) is 1.26. The topological polar surface area (TPSA) is 73.9 Å². The second-order valence-electron chi connectivity index (χ2n) is 4.59. The van der Waals surface area contributed by atoms with Gasteiger partial charge >= 0.3 is 12.1 Å². The molecule has 0 fully saturated rings. The summed E-state index contributed by atoms with van der Waals surface area (Å²) in [7, 11) is 2.77. The summed E-state index contributed by atoms with van der Waals surface area (Å²) in [6.07, 6.45) is 2.14.